The van der Waals surface area contributed by atoms with Crippen molar-refractivity contribution >= 4 is 11.6 Å². The highest BCUT2D eigenvalue weighted by Gasteiger charge is 2.53. The minimum Gasteiger partial charge on any atom is -0.379 e. The lowest BCUT2D eigenvalue weighted by atomic mass is 9.89. The third kappa shape index (κ3) is 5.48. The van der Waals surface area contributed by atoms with Crippen LogP contribution < -0.4 is 0 Å². The summed E-state index contributed by atoms with van der Waals surface area (Å²) in [5.74, 6) is -3.21. The lowest BCUT2D eigenvalue weighted by Gasteiger charge is -2.51. The summed E-state index contributed by atoms with van der Waals surface area (Å²) in [6.45, 7) is 4.40. The van der Waals surface area contributed by atoms with Crippen LogP contribution in [0.4, 0.5) is 13.2 Å². The van der Waals surface area contributed by atoms with E-state index >= 15 is 0 Å². The molecule has 0 bridgehead atoms. The highest BCUT2D eigenvalue weighted by atomic mass is 35.5. The number of ether oxygens (including phenoxy) is 5. The average Bonchev–Trinajstić information content (AvgIpc) is 3.61. The van der Waals surface area contributed by atoms with E-state index in [-0.39, 0.29) is 35.9 Å². The SMILES string of the molecule is CO[C@@H]1C(n2cc(-c3ccc(Cl)c(F)c3F)nn2)[C@H]2OC(C)(C)OC[C@H]2O[C@@H]1Cc1cn([C@@H]2COCC[C@H]2F)nn1. The number of hydrogen-bond donors (Lipinski definition) is 0. The highest BCUT2D eigenvalue weighted by Crippen LogP contribution is 2.40. The van der Waals surface area contributed by atoms with Gasteiger partial charge in [-0.05, 0) is 26.0 Å². The van der Waals surface area contributed by atoms with Gasteiger partial charge < -0.3 is 23.7 Å². The maximum Gasteiger partial charge on any atom is 0.178 e. The van der Waals surface area contributed by atoms with Gasteiger partial charge >= 0.3 is 0 Å². The molecular weight excluding hydrogens is 569 g/mol. The largest absolute Gasteiger partial charge is 0.379 e. The molecule has 0 aliphatic carbocycles. The van der Waals surface area contributed by atoms with Gasteiger partial charge in [0.15, 0.2) is 17.4 Å². The van der Waals surface area contributed by atoms with Gasteiger partial charge in [-0.1, -0.05) is 22.0 Å². The van der Waals surface area contributed by atoms with E-state index < -0.39 is 60.1 Å². The van der Waals surface area contributed by atoms with Crippen molar-refractivity contribution < 1.29 is 36.9 Å². The summed E-state index contributed by atoms with van der Waals surface area (Å²) in [6, 6.07) is 1.45. The van der Waals surface area contributed by atoms with Gasteiger partial charge in [-0.3, -0.25) is 0 Å². The molecule has 15 heteroatoms. The first-order valence-electron chi connectivity index (χ1n) is 13.3. The minimum absolute atomic E-state index is 0.0880. The molecule has 1 aromatic carbocycles. The van der Waals surface area contributed by atoms with Crippen LogP contribution >= 0.6 is 11.6 Å². The molecule has 41 heavy (non-hydrogen) atoms. The molecule has 222 valence electrons. The molecule has 7 atom stereocenters. The van der Waals surface area contributed by atoms with Crippen molar-refractivity contribution in [2.75, 3.05) is 26.9 Å². The number of alkyl halides is 1. The van der Waals surface area contributed by atoms with Gasteiger partial charge in [0.1, 0.15) is 42.3 Å². The molecule has 0 amide bonds. The zero-order valence-electron chi connectivity index (χ0n) is 22.6. The molecule has 11 nitrogen and oxygen atoms in total. The summed E-state index contributed by atoms with van der Waals surface area (Å²) >= 11 is 5.73. The van der Waals surface area contributed by atoms with Gasteiger partial charge in [0.25, 0.3) is 0 Å². The molecule has 1 unspecified atom stereocenters. The Hall–Kier alpha value is -2.62. The monoisotopic (exact) mass is 598 g/mol. The summed E-state index contributed by atoms with van der Waals surface area (Å²) in [4.78, 5) is 0. The fourth-order valence-corrected chi connectivity index (χ4v) is 5.82. The fraction of sp³-hybridized carbons (Fsp3) is 0.615. The maximum atomic E-state index is 14.7. The quantitative estimate of drug-likeness (QED) is 0.394. The van der Waals surface area contributed by atoms with E-state index in [2.05, 4.69) is 20.6 Å². The van der Waals surface area contributed by atoms with Crippen LogP contribution in [0.15, 0.2) is 24.5 Å². The second-order valence-electron chi connectivity index (χ2n) is 10.8. The Bertz CT molecular complexity index is 1390. The second-order valence-corrected chi connectivity index (χ2v) is 11.3. The number of halogens is 4. The predicted octanol–water partition coefficient (Wildman–Crippen LogP) is 3.49. The molecule has 0 N–H and O–H groups in total. The van der Waals surface area contributed by atoms with Crippen molar-refractivity contribution in [1.29, 1.82) is 0 Å². The first kappa shape index (κ1) is 28.5. The van der Waals surface area contributed by atoms with Crippen LogP contribution in [-0.2, 0) is 30.1 Å². The first-order valence-corrected chi connectivity index (χ1v) is 13.7. The van der Waals surface area contributed by atoms with Crippen molar-refractivity contribution in [2.45, 2.75) is 75.1 Å². The van der Waals surface area contributed by atoms with Crippen LogP contribution in [0.5, 0.6) is 0 Å². The number of hydrogen-bond acceptors (Lipinski definition) is 9. The predicted molar refractivity (Wildman–Crippen MR) is 137 cm³/mol. The second kappa shape index (κ2) is 11.2. The Kier molecular flexibility index (Phi) is 7.80. The van der Waals surface area contributed by atoms with Crippen LogP contribution in [0.3, 0.4) is 0 Å². The molecule has 0 saturated carbocycles. The van der Waals surface area contributed by atoms with Crippen LogP contribution in [0.25, 0.3) is 11.3 Å². The van der Waals surface area contributed by atoms with Gasteiger partial charge in [-0.15, -0.1) is 10.2 Å². The Morgan fingerprint density at radius 3 is 2.68 bits per heavy atom. The number of aromatic nitrogens is 6. The number of methoxy groups -OCH3 is 1. The minimum atomic E-state index is -1.17. The smallest absolute Gasteiger partial charge is 0.178 e. The highest BCUT2D eigenvalue weighted by molar-refractivity contribution is 6.30. The molecule has 3 fully saturated rings. The van der Waals surface area contributed by atoms with Gasteiger partial charge in [0, 0.05) is 38.3 Å². The van der Waals surface area contributed by atoms with E-state index in [4.69, 9.17) is 35.3 Å². The topological polar surface area (TPSA) is 108 Å². The summed E-state index contributed by atoms with van der Waals surface area (Å²) in [5, 5.41) is 16.4. The van der Waals surface area contributed by atoms with E-state index in [1.807, 2.05) is 0 Å². The zero-order valence-corrected chi connectivity index (χ0v) is 23.4. The molecule has 3 aliphatic heterocycles. The van der Waals surface area contributed by atoms with Gasteiger partial charge in [-0.25, -0.2) is 22.5 Å². The lowest BCUT2D eigenvalue weighted by molar-refractivity contribution is -0.349. The van der Waals surface area contributed by atoms with Crippen molar-refractivity contribution in [3.05, 3.63) is 46.9 Å². The number of nitrogens with zero attached hydrogens (tertiary/aromatic N) is 6. The van der Waals surface area contributed by atoms with Crippen LogP contribution in [0.2, 0.25) is 5.02 Å². The lowest BCUT2D eigenvalue weighted by Crippen LogP contribution is -2.62. The van der Waals surface area contributed by atoms with Crippen molar-refractivity contribution in [3.8, 4) is 11.3 Å². The normalized spacial score (nSPS) is 31.6. The van der Waals surface area contributed by atoms with Crippen molar-refractivity contribution in [2.24, 2.45) is 0 Å². The van der Waals surface area contributed by atoms with Crippen LogP contribution in [-0.4, -0.2) is 93.3 Å². The summed E-state index contributed by atoms with van der Waals surface area (Å²) in [5.41, 5.74) is 0.593. The van der Waals surface area contributed by atoms with Gasteiger partial charge in [0.2, 0.25) is 0 Å². The first-order chi connectivity index (χ1) is 19.6. The van der Waals surface area contributed by atoms with E-state index in [0.717, 1.165) is 0 Å². The van der Waals surface area contributed by atoms with E-state index in [1.165, 1.54) is 34.8 Å². The number of rotatable bonds is 6. The summed E-state index contributed by atoms with van der Waals surface area (Å²) in [6.07, 6.45) is 0.397. The molecule has 0 spiro atoms. The average molecular weight is 599 g/mol. The molecule has 0 radical (unpaired) electrons. The number of benzene rings is 1. The zero-order chi connectivity index (χ0) is 28.9. The Balaban J connectivity index is 1.31. The maximum absolute atomic E-state index is 14.7. The molecular formula is C26H30ClF3N6O5. The van der Waals surface area contributed by atoms with Crippen molar-refractivity contribution in [1.82, 2.24) is 30.0 Å². The van der Waals surface area contributed by atoms with Gasteiger partial charge in [0.05, 0.1) is 36.2 Å². The molecule has 2 aromatic heterocycles. The van der Waals surface area contributed by atoms with E-state index in [0.29, 0.717) is 18.7 Å². The molecule has 6 rings (SSSR count). The standard InChI is InChI=1S/C26H30ClF3N6O5/c1-26(2)39-12-20-25(41-26)23(36-10-17(32-34-36)14-4-5-15(27)22(30)21(14)29)24(37-3)19(40-20)8-13-9-35(33-31-13)18-11-38-7-6-16(18)28/h4-5,9-10,16,18-20,23-25H,6-8,11-12H2,1-3H3/t16-,18-,19-,20-,23?,24+,25+/m1/s1. The Morgan fingerprint density at radius 2 is 1.90 bits per heavy atom. The third-order valence-electron chi connectivity index (χ3n) is 7.72. The van der Waals surface area contributed by atoms with Crippen LogP contribution in [0, 0.1) is 11.6 Å². The molecule has 3 aliphatic rings. The fourth-order valence-electron chi connectivity index (χ4n) is 5.67. The van der Waals surface area contributed by atoms with E-state index in [1.54, 1.807) is 20.0 Å². The molecule has 5 heterocycles. The van der Waals surface area contributed by atoms with Crippen LogP contribution in [0.1, 0.15) is 38.0 Å². The number of fused-ring (bicyclic) bond motifs is 1. The van der Waals surface area contributed by atoms with Crippen molar-refractivity contribution in [3.63, 3.8) is 0 Å². The summed E-state index contributed by atoms with van der Waals surface area (Å²) < 4.78 is 76.4. The van der Waals surface area contributed by atoms with Gasteiger partial charge in [-0.2, -0.15) is 0 Å². The molecule has 3 aromatic rings. The third-order valence-corrected chi connectivity index (χ3v) is 8.01. The summed E-state index contributed by atoms with van der Waals surface area (Å²) in [7, 11) is 1.54. The van der Waals surface area contributed by atoms with E-state index in [9.17, 15) is 13.2 Å². The molecule has 3 saturated heterocycles. The Labute approximate surface area is 238 Å². The Morgan fingerprint density at radius 1 is 1.10 bits per heavy atom.